The Kier molecular flexibility index (Phi) is 4.33. The monoisotopic (exact) mass is 339 g/mol. The summed E-state index contributed by atoms with van der Waals surface area (Å²) in [4.78, 5) is 37.8. The summed E-state index contributed by atoms with van der Waals surface area (Å²) < 4.78 is 0. The second-order valence-corrected chi connectivity index (χ2v) is 6.73. The number of amides is 2. The van der Waals surface area contributed by atoms with Gasteiger partial charge in [0.15, 0.2) is 0 Å². The predicted molar refractivity (Wildman–Crippen MR) is 95.2 cm³/mol. The number of benzene rings is 1. The number of anilines is 1. The van der Waals surface area contributed by atoms with Crippen molar-refractivity contribution in [1.82, 2.24) is 0 Å². The van der Waals surface area contributed by atoms with Crippen molar-refractivity contribution in [2.45, 2.75) is 46.5 Å². The summed E-state index contributed by atoms with van der Waals surface area (Å²) in [7, 11) is 0. The summed E-state index contributed by atoms with van der Waals surface area (Å²) >= 11 is 0. The van der Waals surface area contributed by atoms with Crippen molar-refractivity contribution in [3.63, 3.8) is 0 Å². The average molecular weight is 339 g/mol. The molecule has 1 aliphatic heterocycles. The van der Waals surface area contributed by atoms with Gasteiger partial charge in [-0.05, 0) is 74.8 Å². The molecular formula is C20H21NO4. The molecule has 3 rings (SSSR count). The number of hydrogen-bond acceptors (Lipinski definition) is 3. The molecule has 5 heteroatoms. The molecule has 0 unspecified atom stereocenters. The predicted octanol–water partition coefficient (Wildman–Crippen LogP) is 3.54. The van der Waals surface area contributed by atoms with Gasteiger partial charge < -0.3 is 5.11 Å². The standard InChI is InChI=1S/C20H21NO4/c1-11-8-13(3)17(10-16(11)12(2)9-18(22)23)21-19(24)14-6-4-5-7-15(14)20(21)25/h8-10H,4-7H2,1-3H3,(H,22,23). The molecule has 0 atom stereocenters. The fourth-order valence-corrected chi connectivity index (χ4v) is 3.73. The molecule has 0 fully saturated rings. The summed E-state index contributed by atoms with van der Waals surface area (Å²) in [5.74, 6) is -1.47. The van der Waals surface area contributed by atoms with E-state index in [1.54, 1.807) is 13.0 Å². The Hall–Kier alpha value is -2.69. The number of rotatable bonds is 3. The fraction of sp³-hybridized carbons (Fsp3) is 0.350. The van der Waals surface area contributed by atoms with Gasteiger partial charge >= 0.3 is 5.97 Å². The zero-order valence-corrected chi connectivity index (χ0v) is 14.7. The summed E-state index contributed by atoms with van der Waals surface area (Å²) in [6.07, 6.45) is 4.32. The first kappa shape index (κ1) is 17.1. The highest BCUT2D eigenvalue weighted by Crippen LogP contribution is 2.38. The van der Waals surface area contributed by atoms with E-state index in [9.17, 15) is 14.4 Å². The number of carbonyl (C=O) groups is 3. The number of carbonyl (C=O) groups excluding carboxylic acids is 2. The lowest BCUT2D eigenvalue weighted by molar-refractivity contribution is -0.131. The van der Waals surface area contributed by atoms with E-state index in [2.05, 4.69) is 0 Å². The molecule has 25 heavy (non-hydrogen) atoms. The third-order valence-corrected chi connectivity index (χ3v) is 4.94. The Morgan fingerprint density at radius 1 is 1.04 bits per heavy atom. The molecule has 1 aromatic rings. The summed E-state index contributed by atoms with van der Waals surface area (Å²) in [5.41, 5.74) is 4.89. The van der Waals surface area contributed by atoms with Crippen LogP contribution in [-0.4, -0.2) is 22.9 Å². The number of aryl methyl sites for hydroxylation is 2. The van der Waals surface area contributed by atoms with Crippen LogP contribution in [0.15, 0.2) is 29.4 Å². The Balaban J connectivity index is 2.08. The molecule has 0 spiro atoms. The highest BCUT2D eigenvalue weighted by atomic mass is 16.4. The van der Waals surface area contributed by atoms with Crippen LogP contribution in [0.4, 0.5) is 5.69 Å². The normalized spacial score (nSPS) is 18.0. The third kappa shape index (κ3) is 2.90. The van der Waals surface area contributed by atoms with Crippen LogP contribution < -0.4 is 4.90 Å². The zero-order valence-electron chi connectivity index (χ0n) is 14.7. The second-order valence-electron chi connectivity index (χ2n) is 6.73. The topological polar surface area (TPSA) is 74.7 Å². The lowest BCUT2D eigenvalue weighted by atomic mass is 9.93. The molecule has 0 saturated heterocycles. The summed E-state index contributed by atoms with van der Waals surface area (Å²) in [6, 6.07) is 3.65. The van der Waals surface area contributed by atoms with E-state index in [4.69, 9.17) is 5.11 Å². The molecule has 1 N–H and O–H groups in total. The van der Waals surface area contributed by atoms with Crippen molar-refractivity contribution in [3.8, 4) is 0 Å². The highest BCUT2D eigenvalue weighted by Gasteiger charge is 2.40. The zero-order chi connectivity index (χ0) is 18.3. The van der Waals surface area contributed by atoms with Crippen molar-refractivity contribution in [2.75, 3.05) is 4.90 Å². The number of imide groups is 1. The minimum Gasteiger partial charge on any atom is -0.478 e. The molecule has 1 aromatic carbocycles. The molecule has 0 saturated carbocycles. The first-order valence-electron chi connectivity index (χ1n) is 8.45. The largest absolute Gasteiger partial charge is 0.478 e. The smallest absolute Gasteiger partial charge is 0.328 e. The van der Waals surface area contributed by atoms with Crippen molar-refractivity contribution in [1.29, 1.82) is 0 Å². The number of carboxylic acids is 1. The van der Waals surface area contributed by atoms with Gasteiger partial charge in [0.1, 0.15) is 0 Å². The molecule has 1 aliphatic carbocycles. The number of nitrogens with zero attached hydrogens (tertiary/aromatic N) is 1. The van der Waals surface area contributed by atoms with Crippen LogP contribution in [0.25, 0.3) is 5.57 Å². The lowest BCUT2D eigenvalue weighted by Crippen LogP contribution is -2.32. The van der Waals surface area contributed by atoms with Crippen molar-refractivity contribution < 1.29 is 19.5 Å². The van der Waals surface area contributed by atoms with Gasteiger partial charge in [-0.3, -0.25) is 9.59 Å². The van der Waals surface area contributed by atoms with Gasteiger partial charge in [-0.15, -0.1) is 0 Å². The molecule has 2 aliphatic rings. The van der Waals surface area contributed by atoms with Gasteiger partial charge in [0.2, 0.25) is 0 Å². The maximum atomic E-state index is 12.8. The number of aliphatic carboxylic acids is 1. The first-order chi connectivity index (χ1) is 11.8. The van der Waals surface area contributed by atoms with Gasteiger partial charge in [-0.25, -0.2) is 9.69 Å². The number of carboxylic acid groups (broad SMARTS) is 1. The molecule has 0 aromatic heterocycles. The van der Waals surface area contributed by atoms with Crippen LogP contribution in [0, 0.1) is 13.8 Å². The lowest BCUT2D eigenvalue weighted by Gasteiger charge is -2.20. The van der Waals surface area contributed by atoms with Crippen LogP contribution in [0.1, 0.15) is 49.3 Å². The van der Waals surface area contributed by atoms with Gasteiger partial charge in [0.25, 0.3) is 11.8 Å². The molecule has 130 valence electrons. The van der Waals surface area contributed by atoms with E-state index in [1.807, 2.05) is 19.9 Å². The van der Waals surface area contributed by atoms with E-state index < -0.39 is 5.97 Å². The van der Waals surface area contributed by atoms with E-state index >= 15 is 0 Å². The quantitative estimate of drug-likeness (QED) is 0.675. The highest BCUT2D eigenvalue weighted by molar-refractivity contribution is 6.33. The minimum absolute atomic E-state index is 0.225. The Bertz CT molecular complexity index is 833. The number of hydrogen-bond donors (Lipinski definition) is 1. The summed E-state index contributed by atoms with van der Waals surface area (Å²) in [6.45, 7) is 5.47. The van der Waals surface area contributed by atoms with Crippen molar-refractivity contribution in [3.05, 3.63) is 46.0 Å². The second kappa shape index (κ2) is 6.31. The summed E-state index contributed by atoms with van der Waals surface area (Å²) in [5, 5.41) is 8.99. The molecule has 1 heterocycles. The van der Waals surface area contributed by atoms with Gasteiger partial charge in [-0.1, -0.05) is 6.07 Å². The van der Waals surface area contributed by atoms with E-state index in [0.717, 1.165) is 35.6 Å². The van der Waals surface area contributed by atoms with Gasteiger partial charge in [0.05, 0.1) is 5.69 Å². The van der Waals surface area contributed by atoms with Crippen molar-refractivity contribution >= 4 is 29.0 Å². The molecule has 2 amide bonds. The third-order valence-electron chi connectivity index (χ3n) is 4.94. The SMILES string of the molecule is CC(=CC(=O)O)c1cc(N2C(=O)C3=C(CCCC3)C2=O)c(C)cc1C. The maximum absolute atomic E-state index is 12.8. The molecule has 5 nitrogen and oxygen atoms in total. The first-order valence-corrected chi connectivity index (χ1v) is 8.45. The van der Waals surface area contributed by atoms with Crippen LogP contribution in [0.3, 0.4) is 0 Å². The van der Waals surface area contributed by atoms with E-state index in [0.29, 0.717) is 35.2 Å². The Labute approximate surface area is 146 Å². The van der Waals surface area contributed by atoms with E-state index in [1.165, 1.54) is 4.90 Å². The van der Waals surface area contributed by atoms with Crippen molar-refractivity contribution in [2.24, 2.45) is 0 Å². The van der Waals surface area contributed by atoms with Crippen LogP contribution >= 0.6 is 0 Å². The Morgan fingerprint density at radius 2 is 1.60 bits per heavy atom. The molecule has 0 bridgehead atoms. The maximum Gasteiger partial charge on any atom is 0.328 e. The van der Waals surface area contributed by atoms with Crippen LogP contribution in [-0.2, 0) is 14.4 Å². The average Bonchev–Trinajstić information content (AvgIpc) is 2.79. The minimum atomic E-state index is -1.02. The van der Waals surface area contributed by atoms with Gasteiger partial charge in [-0.2, -0.15) is 0 Å². The Morgan fingerprint density at radius 3 is 2.12 bits per heavy atom. The molecular weight excluding hydrogens is 318 g/mol. The number of allylic oxidation sites excluding steroid dienone is 1. The van der Waals surface area contributed by atoms with Crippen LogP contribution in [0.2, 0.25) is 0 Å². The van der Waals surface area contributed by atoms with Crippen LogP contribution in [0.5, 0.6) is 0 Å². The fourth-order valence-electron chi connectivity index (χ4n) is 3.73. The van der Waals surface area contributed by atoms with Gasteiger partial charge in [0, 0.05) is 17.2 Å². The molecule has 0 radical (unpaired) electrons. The van der Waals surface area contributed by atoms with E-state index in [-0.39, 0.29) is 11.8 Å².